The van der Waals surface area contributed by atoms with Gasteiger partial charge >= 0.3 is 11.9 Å². The zero-order chi connectivity index (χ0) is 23.2. The van der Waals surface area contributed by atoms with E-state index in [1.807, 2.05) is 13.0 Å². The molecular formula is C25H34O6. The predicted octanol–water partition coefficient (Wildman–Crippen LogP) is 5.35. The van der Waals surface area contributed by atoms with Crippen LogP contribution in [-0.4, -0.2) is 36.4 Å². The van der Waals surface area contributed by atoms with E-state index < -0.39 is 18.2 Å². The van der Waals surface area contributed by atoms with Crippen LogP contribution in [0.15, 0.2) is 41.5 Å². The first kappa shape index (κ1) is 24.5. The van der Waals surface area contributed by atoms with Crippen LogP contribution in [0.5, 0.6) is 11.5 Å². The fraction of sp³-hybridized carbons (Fsp3) is 0.520. The fourth-order valence-electron chi connectivity index (χ4n) is 3.65. The second-order valence-electron chi connectivity index (χ2n) is 8.85. The second kappa shape index (κ2) is 10.5. The molecule has 0 amide bonds. The first-order chi connectivity index (χ1) is 14.5. The Hall–Kier alpha value is -2.76. The lowest BCUT2D eigenvalue weighted by Gasteiger charge is -2.32. The minimum absolute atomic E-state index is 0.0462. The maximum atomic E-state index is 12.8. The van der Waals surface area contributed by atoms with Crippen LogP contribution in [0.4, 0.5) is 0 Å². The molecule has 0 unspecified atom stereocenters. The summed E-state index contributed by atoms with van der Waals surface area (Å²) in [5, 5.41) is 9.78. The maximum absolute atomic E-state index is 12.8. The summed E-state index contributed by atoms with van der Waals surface area (Å²) in [6.07, 6.45) is 6.44. The summed E-state index contributed by atoms with van der Waals surface area (Å²) in [7, 11) is 1.42. The Labute approximate surface area is 184 Å². The number of hydrogen-bond donors (Lipinski definition) is 1. The number of esters is 2. The Kier molecular flexibility index (Phi) is 8.31. The average Bonchev–Trinajstić information content (AvgIpc) is 2.70. The molecule has 0 spiro atoms. The van der Waals surface area contributed by atoms with Crippen LogP contribution in [0.3, 0.4) is 0 Å². The van der Waals surface area contributed by atoms with Crippen LogP contribution in [-0.2, 0) is 14.3 Å². The lowest BCUT2D eigenvalue weighted by molar-refractivity contribution is -0.149. The first-order valence-corrected chi connectivity index (χ1v) is 10.6. The van der Waals surface area contributed by atoms with E-state index in [0.717, 1.165) is 24.8 Å². The van der Waals surface area contributed by atoms with Crippen molar-refractivity contribution in [2.45, 2.75) is 72.5 Å². The minimum atomic E-state index is -0.514. The van der Waals surface area contributed by atoms with Gasteiger partial charge in [-0.3, -0.25) is 4.79 Å². The molecule has 0 saturated heterocycles. The molecule has 1 N–H and O–H groups in total. The van der Waals surface area contributed by atoms with Crippen LogP contribution in [0.2, 0.25) is 0 Å². The number of carbonyl (C=O) groups excluding carboxylic acids is 2. The van der Waals surface area contributed by atoms with Crippen LogP contribution in [0.1, 0.15) is 70.7 Å². The summed E-state index contributed by atoms with van der Waals surface area (Å²) in [6.45, 7) is 9.56. The molecule has 2 rings (SSSR count). The molecule has 0 radical (unpaired) electrons. The molecule has 0 bridgehead atoms. The zero-order valence-corrected chi connectivity index (χ0v) is 19.4. The Bertz CT molecular complexity index is 865. The number of phenols is 1. The van der Waals surface area contributed by atoms with Crippen molar-refractivity contribution in [3.05, 3.63) is 47.1 Å². The van der Waals surface area contributed by atoms with E-state index in [9.17, 15) is 14.7 Å². The number of methoxy groups -OCH3 is 1. The van der Waals surface area contributed by atoms with Gasteiger partial charge in [-0.1, -0.05) is 25.5 Å². The predicted molar refractivity (Wildman–Crippen MR) is 119 cm³/mol. The highest BCUT2D eigenvalue weighted by molar-refractivity contribution is 5.90. The Morgan fingerprint density at radius 2 is 1.87 bits per heavy atom. The summed E-state index contributed by atoms with van der Waals surface area (Å²) >= 11 is 0. The molecule has 6 nitrogen and oxygen atoms in total. The van der Waals surface area contributed by atoms with E-state index >= 15 is 0 Å². The molecule has 0 fully saturated rings. The lowest BCUT2D eigenvalue weighted by atomic mass is 9.80. The van der Waals surface area contributed by atoms with Gasteiger partial charge in [-0.15, -0.1) is 0 Å². The highest BCUT2D eigenvalue weighted by Gasteiger charge is 2.32. The van der Waals surface area contributed by atoms with Gasteiger partial charge in [0, 0.05) is 18.8 Å². The molecule has 6 heteroatoms. The summed E-state index contributed by atoms with van der Waals surface area (Å²) in [5.74, 6) is -0.692. The van der Waals surface area contributed by atoms with Crippen molar-refractivity contribution in [1.82, 2.24) is 0 Å². The van der Waals surface area contributed by atoms with Crippen molar-refractivity contribution in [2.24, 2.45) is 5.41 Å². The number of hydrogen-bond acceptors (Lipinski definition) is 6. The molecule has 1 aromatic carbocycles. The number of phenolic OH excluding ortho intramolecular Hbond substituents is 1. The van der Waals surface area contributed by atoms with E-state index in [2.05, 4.69) is 26.8 Å². The van der Waals surface area contributed by atoms with E-state index in [-0.39, 0.29) is 28.4 Å². The van der Waals surface area contributed by atoms with Crippen LogP contribution in [0.25, 0.3) is 0 Å². The molecule has 1 aromatic rings. The molecule has 0 aliphatic heterocycles. The number of carbonyl (C=O) groups is 2. The normalized spacial score (nSPS) is 21.7. The molecule has 31 heavy (non-hydrogen) atoms. The third-order valence-electron chi connectivity index (χ3n) is 5.72. The average molecular weight is 431 g/mol. The third kappa shape index (κ3) is 6.88. The Morgan fingerprint density at radius 1 is 1.16 bits per heavy atom. The van der Waals surface area contributed by atoms with Crippen molar-refractivity contribution < 1.29 is 28.9 Å². The van der Waals surface area contributed by atoms with Gasteiger partial charge in [0.1, 0.15) is 12.2 Å². The molecule has 0 heterocycles. The highest BCUT2D eigenvalue weighted by atomic mass is 16.5. The molecule has 0 saturated carbocycles. The highest BCUT2D eigenvalue weighted by Crippen LogP contribution is 2.34. The number of rotatable bonds is 4. The molecule has 170 valence electrons. The minimum Gasteiger partial charge on any atom is -0.504 e. The van der Waals surface area contributed by atoms with Crippen molar-refractivity contribution >= 4 is 11.9 Å². The van der Waals surface area contributed by atoms with Crippen LogP contribution >= 0.6 is 0 Å². The smallest absolute Gasteiger partial charge is 0.338 e. The third-order valence-corrected chi connectivity index (χ3v) is 5.72. The number of aromatic hydroxyl groups is 1. The fourth-order valence-corrected chi connectivity index (χ4v) is 3.65. The summed E-state index contributed by atoms with van der Waals surface area (Å²) < 4.78 is 16.6. The van der Waals surface area contributed by atoms with Gasteiger partial charge in [0.25, 0.3) is 0 Å². The van der Waals surface area contributed by atoms with Gasteiger partial charge in [0.15, 0.2) is 11.5 Å². The van der Waals surface area contributed by atoms with E-state index in [0.29, 0.717) is 6.42 Å². The molecule has 2 atom stereocenters. The zero-order valence-electron chi connectivity index (χ0n) is 19.4. The number of benzene rings is 1. The summed E-state index contributed by atoms with van der Waals surface area (Å²) in [6, 6.07) is 4.35. The van der Waals surface area contributed by atoms with Crippen molar-refractivity contribution in [3.63, 3.8) is 0 Å². The van der Waals surface area contributed by atoms with Crippen molar-refractivity contribution in [1.29, 1.82) is 0 Å². The van der Waals surface area contributed by atoms with Crippen molar-refractivity contribution in [2.75, 3.05) is 7.11 Å². The van der Waals surface area contributed by atoms with E-state index in [1.54, 1.807) is 0 Å². The van der Waals surface area contributed by atoms with Gasteiger partial charge in [-0.25, -0.2) is 4.79 Å². The largest absolute Gasteiger partial charge is 0.504 e. The Morgan fingerprint density at radius 3 is 2.52 bits per heavy atom. The summed E-state index contributed by atoms with van der Waals surface area (Å²) in [4.78, 5) is 24.6. The molecule has 0 aromatic heterocycles. The Balaban J connectivity index is 2.36. The van der Waals surface area contributed by atoms with Gasteiger partial charge < -0.3 is 19.3 Å². The lowest BCUT2D eigenvalue weighted by Crippen LogP contribution is -2.33. The van der Waals surface area contributed by atoms with E-state index in [4.69, 9.17) is 14.2 Å². The van der Waals surface area contributed by atoms with Gasteiger partial charge in [-0.2, -0.15) is 0 Å². The standard InChI is InChI=1S/C25H34O6/c1-16-8-7-13-25(4,5)23(30-18(3)26)14-17(2)21(12-9-16)31-24(28)19-10-11-20(27)22(15-19)29-6/h9-11,14-15,21,23,27H,7-8,12-13H2,1-6H3/t21-,23+/m0/s1. The molecular weight excluding hydrogens is 396 g/mol. The maximum Gasteiger partial charge on any atom is 0.338 e. The molecule has 1 aliphatic carbocycles. The molecule has 1 aliphatic rings. The van der Waals surface area contributed by atoms with Gasteiger partial charge in [0.2, 0.25) is 0 Å². The van der Waals surface area contributed by atoms with Gasteiger partial charge in [-0.05, 0) is 63.0 Å². The van der Waals surface area contributed by atoms with Gasteiger partial charge in [0.05, 0.1) is 12.7 Å². The van der Waals surface area contributed by atoms with Crippen LogP contribution in [0, 0.1) is 5.41 Å². The number of allylic oxidation sites excluding steroid dienone is 1. The van der Waals surface area contributed by atoms with E-state index in [1.165, 1.54) is 37.8 Å². The van der Waals surface area contributed by atoms with Crippen LogP contribution < -0.4 is 4.74 Å². The summed E-state index contributed by atoms with van der Waals surface area (Å²) in [5.41, 5.74) is 2.09. The second-order valence-corrected chi connectivity index (χ2v) is 8.85. The monoisotopic (exact) mass is 430 g/mol. The first-order valence-electron chi connectivity index (χ1n) is 10.6. The SMILES string of the molecule is COc1cc(C(=O)O[C@H]2CC=C(C)CCCC(C)(C)[C@H](OC(C)=O)C=C2C)ccc1O. The van der Waals surface area contributed by atoms with Crippen molar-refractivity contribution in [3.8, 4) is 11.5 Å². The quantitative estimate of drug-likeness (QED) is 0.512. The topological polar surface area (TPSA) is 82.1 Å². The number of ether oxygens (including phenoxy) is 3.